The molecule has 0 fully saturated rings. The van der Waals surface area contributed by atoms with Crippen LogP contribution in [0.15, 0.2) is 53.5 Å². The number of carbonyl (C=O) groups excluding carboxylic acids is 1. The molecule has 0 saturated heterocycles. The predicted octanol–water partition coefficient (Wildman–Crippen LogP) is 1.02. The van der Waals surface area contributed by atoms with Crippen molar-refractivity contribution in [3.8, 4) is 0 Å². The van der Waals surface area contributed by atoms with Crippen molar-refractivity contribution in [2.24, 2.45) is 0 Å². The Labute approximate surface area is 140 Å². The van der Waals surface area contributed by atoms with Crippen LogP contribution in [0.4, 0.5) is 5.82 Å². The number of benzene rings is 2. The highest BCUT2D eigenvalue weighted by Gasteiger charge is 2.13. The lowest BCUT2D eigenvalue weighted by Gasteiger charge is -2.09. The van der Waals surface area contributed by atoms with E-state index in [0.29, 0.717) is 22.1 Å². The zero-order valence-corrected chi connectivity index (χ0v) is 12.7. The van der Waals surface area contributed by atoms with Gasteiger partial charge in [0.15, 0.2) is 5.82 Å². The van der Waals surface area contributed by atoms with Crippen molar-refractivity contribution in [3.63, 3.8) is 0 Å². The third-order valence-corrected chi connectivity index (χ3v) is 3.49. The molecule has 0 saturated carbocycles. The average molecular weight is 333 g/mol. The Hall–Kier alpha value is -3.88. The molecule has 0 aliphatic heterocycles. The standard InChI is InChI=1S/C16H11N7O2/c24-15(22-21-13-8-17-23-16(25)20-13)9-4-3-7-12-14(9)19-11-6-2-1-5-10(11)18-12/h1-8H,(H,22,24)(H2,20,21,23,25). The zero-order chi connectivity index (χ0) is 17.2. The lowest BCUT2D eigenvalue weighted by Crippen LogP contribution is -2.31. The second-order valence-electron chi connectivity index (χ2n) is 5.14. The first kappa shape index (κ1) is 14.7. The minimum Gasteiger partial charge on any atom is -0.280 e. The highest BCUT2D eigenvalue weighted by atomic mass is 16.2. The minimum absolute atomic E-state index is 0.119. The summed E-state index contributed by atoms with van der Waals surface area (Å²) in [6.45, 7) is 0. The van der Waals surface area contributed by atoms with E-state index in [0.717, 1.165) is 5.52 Å². The van der Waals surface area contributed by atoms with Gasteiger partial charge in [0.25, 0.3) is 5.91 Å². The van der Waals surface area contributed by atoms with Crippen molar-refractivity contribution in [3.05, 3.63) is 64.7 Å². The number of hydrogen-bond acceptors (Lipinski definition) is 7. The number of rotatable bonds is 3. The fraction of sp³-hybridized carbons (Fsp3) is 0. The van der Waals surface area contributed by atoms with E-state index in [1.165, 1.54) is 6.20 Å². The summed E-state index contributed by atoms with van der Waals surface area (Å²) in [6.07, 6.45) is 1.28. The summed E-state index contributed by atoms with van der Waals surface area (Å²) in [4.78, 5) is 36.2. The van der Waals surface area contributed by atoms with Gasteiger partial charge in [0.05, 0.1) is 28.3 Å². The minimum atomic E-state index is -0.623. The third-order valence-electron chi connectivity index (χ3n) is 3.49. The van der Waals surface area contributed by atoms with Crippen molar-refractivity contribution in [2.45, 2.75) is 0 Å². The van der Waals surface area contributed by atoms with Crippen molar-refractivity contribution in [1.82, 2.24) is 30.6 Å². The Morgan fingerprint density at radius 2 is 1.68 bits per heavy atom. The van der Waals surface area contributed by atoms with Gasteiger partial charge < -0.3 is 0 Å². The van der Waals surface area contributed by atoms with Gasteiger partial charge in [-0.15, -0.1) is 0 Å². The number of fused-ring (bicyclic) bond motifs is 2. The third kappa shape index (κ3) is 2.85. The molecule has 2 aromatic carbocycles. The Balaban J connectivity index is 1.69. The molecule has 4 aromatic rings. The number of hydrazine groups is 1. The molecule has 2 heterocycles. The Kier molecular flexibility index (Phi) is 3.51. The second kappa shape index (κ2) is 5.96. The summed E-state index contributed by atoms with van der Waals surface area (Å²) < 4.78 is 0. The van der Waals surface area contributed by atoms with E-state index in [2.05, 4.69) is 36.0 Å². The van der Waals surface area contributed by atoms with Crippen LogP contribution in [0, 0.1) is 0 Å². The van der Waals surface area contributed by atoms with Crippen LogP contribution in [0.2, 0.25) is 0 Å². The lowest BCUT2D eigenvalue weighted by molar-refractivity contribution is 0.0964. The van der Waals surface area contributed by atoms with Gasteiger partial charge in [0.2, 0.25) is 0 Å². The maximum Gasteiger partial charge on any atom is 0.363 e. The second-order valence-corrected chi connectivity index (χ2v) is 5.14. The van der Waals surface area contributed by atoms with Gasteiger partial charge in [-0.1, -0.05) is 18.2 Å². The largest absolute Gasteiger partial charge is 0.363 e. The first-order chi connectivity index (χ1) is 12.2. The molecule has 0 bridgehead atoms. The van der Waals surface area contributed by atoms with Crippen LogP contribution in [0.25, 0.3) is 22.1 Å². The molecule has 0 aliphatic carbocycles. The number of anilines is 1. The van der Waals surface area contributed by atoms with E-state index in [4.69, 9.17) is 0 Å². The van der Waals surface area contributed by atoms with Crippen molar-refractivity contribution in [1.29, 1.82) is 0 Å². The summed E-state index contributed by atoms with van der Waals surface area (Å²) in [7, 11) is 0. The van der Waals surface area contributed by atoms with Crippen molar-refractivity contribution >= 4 is 33.8 Å². The number of aromatic amines is 1. The smallest absolute Gasteiger partial charge is 0.280 e. The summed E-state index contributed by atoms with van der Waals surface area (Å²) in [5.74, 6) is -0.314. The number of aromatic nitrogens is 5. The van der Waals surface area contributed by atoms with E-state index in [1.54, 1.807) is 18.2 Å². The fourth-order valence-corrected chi connectivity index (χ4v) is 2.39. The molecule has 4 rings (SSSR count). The molecule has 122 valence electrons. The summed E-state index contributed by atoms with van der Waals surface area (Å²) in [5, 5.41) is 5.73. The molecule has 9 heteroatoms. The van der Waals surface area contributed by atoms with Gasteiger partial charge in [0.1, 0.15) is 5.52 Å². The Bertz CT molecular complexity index is 1160. The molecule has 2 aromatic heterocycles. The normalized spacial score (nSPS) is 10.7. The van der Waals surface area contributed by atoms with E-state index < -0.39 is 11.6 Å². The molecule has 9 nitrogen and oxygen atoms in total. The van der Waals surface area contributed by atoms with Crippen LogP contribution in [-0.2, 0) is 0 Å². The number of nitrogens with zero attached hydrogens (tertiary/aromatic N) is 4. The molecule has 0 unspecified atom stereocenters. The van der Waals surface area contributed by atoms with Crippen LogP contribution in [0.3, 0.4) is 0 Å². The zero-order valence-electron chi connectivity index (χ0n) is 12.7. The molecule has 3 N–H and O–H groups in total. The number of para-hydroxylation sites is 3. The molecule has 0 spiro atoms. The predicted molar refractivity (Wildman–Crippen MR) is 90.8 cm³/mol. The average Bonchev–Trinajstić information content (AvgIpc) is 2.64. The van der Waals surface area contributed by atoms with Crippen molar-refractivity contribution in [2.75, 3.05) is 5.43 Å². The van der Waals surface area contributed by atoms with Gasteiger partial charge in [-0.25, -0.2) is 19.9 Å². The first-order valence-corrected chi connectivity index (χ1v) is 7.34. The summed E-state index contributed by atoms with van der Waals surface area (Å²) >= 11 is 0. The maximum absolute atomic E-state index is 12.5. The molecular weight excluding hydrogens is 322 g/mol. The molecule has 0 aliphatic rings. The number of carbonyl (C=O) groups is 1. The van der Waals surface area contributed by atoms with Crippen LogP contribution in [0.1, 0.15) is 10.4 Å². The van der Waals surface area contributed by atoms with Crippen LogP contribution < -0.4 is 16.5 Å². The SMILES string of the molecule is O=C(NNc1cn[nH]c(=O)n1)c1cccc2nc3ccccc3nc12. The molecule has 1 amide bonds. The van der Waals surface area contributed by atoms with Gasteiger partial charge >= 0.3 is 5.69 Å². The van der Waals surface area contributed by atoms with Gasteiger partial charge in [-0.3, -0.25) is 15.6 Å². The highest BCUT2D eigenvalue weighted by Crippen LogP contribution is 2.19. The first-order valence-electron chi connectivity index (χ1n) is 7.34. The van der Waals surface area contributed by atoms with E-state index in [1.807, 2.05) is 24.3 Å². The van der Waals surface area contributed by atoms with Gasteiger partial charge in [0, 0.05) is 0 Å². The number of H-pyrrole nitrogens is 1. The van der Waals surface area contributed by atoms with E-state index >= 15 is 0 Å². The number of hydrogen-bond donors (Lipinski definition) is 3. The fourth-order valence-electron chi connectivity index (χ4n) is 2.39. The highest BCUT2D eigenvalue weighted by molar-refractivity contribution is 6.06. The summed E-state index contributed by atoms with van der Waals surface area (Å²) in [6, 6.07) is 12.6. The van der Waals surface area contributed by atoms with Gasteiger partial charge in [-0.2, -0.15) is 10.1 Å². The van der Waals surface area contributed by atoms with E-state index in [9.17, 15) is 9.59 Å². The quantitative estimate of drug-likeness (QED) is 0.377. The number of nitrogens with one attached hydrogen (secondary N) is 3. The molecule has 0 radical (unpaired) electrons. The van der Waals surface area contributed by atoms with Crippen LogP contribution in [0.5, 0.6) is 0 Å². The Morgan fingerprint density at radius 1 is 0.920 bits per heavy atom. The lowest BCUT2D eigenvalue weighted by atomic mass is 10.1. The van der Waals surface area contributed by atoms with E-state index in [-0.39, 0.29) is 5.82 Å². The molecular formula is C16H11N7O2. The van der Waals surface area contributed by atoms with Gasteiger partial charge in [-0.05, 0) is 24.3 Å². The molecule has 25 heavy (non-hydrogen) atoms. The summed E-state index contributed by atoms with van der Waals surface area (Å²) in [5.41, 5.74) is 7.29. The Morgan fingerprint density at radius 3 is 2.48 bits per heavy atom. The molecule has 0 atom stereocenters. The topological polar surface area (TPSA) is 126 Å². The van der Waals surface area contributed by atoms with Crippen molar-refractivity contribution < 1.29 is 4.79 Å². The maximum atomic E-state index is 12.5. The monoisotopic (exact) mass is 333 g/mol. The van der Waals surface area contributed by atoms with Crippen LogP contribution >= 0.6 is 0 Å². The van der Waals surface area contributed by atoms with Crippen LogP contribution in [-0.4, -0.2) is 31.1 Å². The number of amides is 1.